The lowest BCUT2D eigenvalue weighted by atomic mass is 10.1. The molecule has 0 saturated carbocycles. The Kier molecular flexibility index (Phi) is 7.23. The van der Waals surface area contributed by atoms with Crippen LogP contribution >= 0.6 is 0 Å². The van der Waals surface area contributed by atoms with Crippen molar-refractivity contribution in [2.75, 3.05) is 39.7 Å². The predicted octanol–water partition coefficient (Wildman–Crippen LogP) is 2.62. The minimum absolute atomic E-state index is 0.102. The van der Waals surface area contributed by atoms with Crippen LogP contribution in [-0.4, -0.2) is 40.3 Å². The molecular weight excluding hydrogens is 339 g/mol. The van der Waals surface area contributed by atoms with E-state index in [1.165, 1.54) is 27.4 Å². The van der Waals surface area contributed by atoms with Crippen LogP contribution in [0.5, 0.6) is 17.2 Å². The summed E-state index contributed by atoms with van der Waals surface area (Å²) in [5, 5.41) is 5.76. The Hall–Kier alpha value is -2.80. The molecule has 7 heteroatoms. The van der Waals surface area contributed by atoms with Crippen molar-refractivity contribution < 1.29 is 23.4 Å². The lowest BCUT2D eigenvalue weighted by Crippen LogP contribution is -2.29. The Labute approximate surface area is 152 Å². The molecule has 0 fully saturated rings. The number of hydrogen-bond donors (Lipinski definition) is 2. The summed E-state index contributed by atoms with van der Waals surface area (Å²) in [6, 6.07) is 9.89. The molecule has 6 nitrogen and oxygen atoms in total. The Morgan fingerprint density at radius 2 is 1.69 bits per heavy atom. The van der Waals surface area contributed by atoms with E-state index in [0.717, 1.165) is 0 Å². The molecule has 2 aromatic carbocycles. The van der Waals surface area contributed by atoms with E-state index in [1.807, 2.05) is 0 Å². The average Bonchev–Trinajstić information content (AvgIpc) is 2.65. The summed E-state index contributed by atoms with van der Waals surface area (Å²) in [4.78, 5) is 12.1. The molecule has 0 radical (unpaired) electrons. The number of hydrogen-bond acceptors (Lipinski definition) is 5. The SMILES string of the molecule is COc1cc(NC(=O)CNCCc2ccccc2F)cc(OC)c1OC. The first-order chi connectivity index (χ1) is 12.6. The van der Waals surface area contributed by atoms with Gasteiger partial charge < -0.3 is 24.8 Å². The Morgan fingerprint density at radius 1 is 1.04 bits per heavy atom. The summed E-state index contributed by atoms with van der Waals surface area (Å²) in [5.41, 5.74) is 1.14. The van der Waals surface area contributed by atoms with Gasteiger partial charge in [0.1, 0.15) is 5.82 Å². The van der Waals surface area contributed by atoms with Gasteiger partial charge in [-0.25, -0.2) is 4.39 Å². The second-order valence-corrected chi connectivity index (χ2v) is 5.48. The number of carbonyl (C=O) groups is 1. The molecule has 0 aliphatic rings. The van der Waals surface area contributed by atoms with Gasteiger partial charge in [-0.05, 0) is 24.6 Å². The van der Waals surface area contributed by atoms with Crippen molar-refractivity contribution in [3.8, 4) is 17.2 Å². The van der Waals surface area contributed by atoms with Crippen molar-refractivity contribution >= 4 is 11.6 Å². The highest BCUT2D eigenvalue weighted by Gasteiger charge is 2.14. The fourth-order valence-electron chi connectivity index (χ4n) is 2.48. The minimum atomic E-state index is -0.240. The third-order valence-electron chi connectivity index (χ3n) is 3.76. The van der Waals surface area contributed by atoms with Gasteiger partial charge in [-0.2, -0.15) is 0 Å². The first kappa shape index (κ1) is 19.5. The Morgan fingerprint density at radius 3 is 2.27 bits per heavy atom. The minimum Gasteiger partial charge on any atom is -0.493 e. The van der Waals surface area contributed by atoms with E-state index in [1.54, 1.807) is 30.3 Å². The van der Waals surface area contributed by atoms with E-state index in [2.05, 4.69) is 10.6 Å². The smallest absolute Gasteiger partial charge is 0.238 e. The molecule has 0 unspecified atom stereocenters. The molecule has 0 heterocycles. The summed E-state index contributed by atoms with van der Waals surface area (Å²) >= 11 is 0. The van der Waals surface area contributed by atoms with Gasteiger partial charge in [0.25, 0.3) is 0 Å². The van der Waals surface area contributed by atoms with Crippen LogP contribution < -0.4 is 24.8 Å². The van der Waals surface area contributed by atoms with E-state index in [0.29, 0.717) is 41.5 Å². The number of rotatable bonds is 9. The molecular formula is C19H23FN2O4. The topological polar surface area (TPSA) is 68.8 Å². The van der Waals surface area contributed by atoms with E-state index in [-0.39, 0.29) is 18.3 Å². The maximum atomic E-state index is 13.5. The third-order valence-corrected chi connectivity index (χ3v) is 3.76. The van der Waals surface area contributed by atoms with Gasteiger partial charge in [0.15, 0.2) is 11.5 Å². The van der Waals surface area contributed by atoms with Crippen LogP contribution in [0, 0.1) is 5.82 Å². The largest absolute Gasteiger partial charge is 0.493 e. The zero-order valence-electron chi connectivity index (χ0n) is 15.1. The quantitative estimate of drug-likeness (QED) is 0.671. The van der Waals surface area contributed by atoms with Crippen molar-refractivity contribution in [1.29, 1.82) is 0 Å². The molecule has 0 aromatic heterocycles. The number of carbonyl (C=O) groups excluding carboxylic acids is 1. The van der Waals surface area contributed by atoms with Gasteiger partial charge in [0.05, 0.1) is 27.9 Å². The fourth-order valence-corrected chi connectivity index (χ4v) is 2.48. The zero-order chi connectivity index (χ0) is 18.9. The number of amides is 1. The Bertz CT molecular complexity index is 727. The first-order valence-corrected chi connectivity index (χ1v) is 8.13. The van der Waals surface area contributed by atoms with E-state index in [4.69, 9.17) is 14.2 Å². The highest BCUT2D eigenvalue weighted by molar-refractivity contribution is 5.93. The first-order valence-electron chi connectivity index (χ1n) is 8.13. The van der Waals surface area contributed by atoms with Gasteiger partial charge in [-0.1, -0.05) is 18.2 Å². The number of benzene rings is 2. The van der Waals surface area contributed by atoms with Crippen molar-refractivity contribution in [2.24, 2.45) is 0 Å². The second kappa shape index (κ2) is 9.62. The number of ether oxygens (including phenoxy) is 3. The van der Waals surface area contributed by atoms with Crippen molar-refractivity contribution in [1.82, 2.24) is 5.32 Å². The normalized spacial score (nSPS) is 10.3. The molecule has 2 aromatic rings. The van der Waals surface area contributed by atoms with Gasteiger partial charge in [0.2, 0.25) is 11.7 Å². The summed E-state index contributed by atoms with van der Waals surface area (Å²) in [6.07, 6.45) is 0.504. The summed E-state index contributed by atoms with van der Waals surface area (Å²) in [6.45, 7) is 0.592. The molecule has 0 saturated heterocycles. The highest BCUT2D eigenvalue weighted by Crippen LogP contribution is 2.39. The average molecular weight is 362 g/mol. The van der Waals surface area contributed by atoms with Gasteiger partial charge in [-0.3, -0.25) is 4.79 Å². The number of nitrogens with one attached hydrogen (secondary N) is 2. The molecule has 140 valence electrons. The molecule has 0 bridgehead atoms. The van der Waals surface area contributed by atoms with Gasteiger partial charge in [-0.15, -0.1) is 0 Å². The monoisotopic (exact) mass is 362 g/mol. The van der Waals surface area contributed by atoms with Crippen LogP contribution in [0.4, 0.5) is 10.1 Å². The van der Waals surface area contributed by atoms with Crippen LogP contribution in [0.15, 0.2) is 36.4 Å². The van der Waals surface area contributed by atoms with Crippen molar-refractivity contribution in [2.45, 2.75) is 6.42 Å². The van der Waals surface area contributed by atoms with E-state index < -0.39 is 0 Å². The molecule has 0 atom stereocenters. The highest BCUT2D eigenvalue weighted by atomic mass is 19.1. The standard InChI is InChI=1S/C19H23FN2O4/c1-24-16-10-14(11-17(25-2)19(16)26-3)22-18(23)12-21-9-8-13-6-4-5-7-15(13)20/h4-7,10-11,21H,8-9,12H2,1-3H3,(H,22,23). The van der Waals surface area contributed by atoms with E-state index in [9.17, 15) is 9.18 Å². The Balaban J connectivity index is 1.88. The lowest BCUT2D eigenvalue weighted by Gasteiger charge is -2.14. The van der Waals surface area contributed by atoms with Crippen LogP contribution in [0.25, 0.3) is 0 Å². The molecule has 2 rings (SSSR count). The van der Waals surface area contributed by atoms with Gasteiger partial charge in [0, 0.05) is 17.8 Å². The van der Waals surface area contributed by atoms with Crippen molar-refractivity contribution in [3.63, 3.8) is 0 Å². The molecule has 2 N–H and O–H groups in total. The number of halogens is 1. The predicted molar refractivity (Wildman–Crippen MR) is 97.7 cm³/mol. The third kappa shape index (κ3) is 5.10. The van der Waals surface area contributed by atoms with Crippen LogP contribution in [0.3, 0.4) is 0 Å². The molecule has 26 heavy (non-hydrogen) atoms. The molecule has 1 amide bonds. The van der Waals surface area contributed by atoms with Crippen LogP contribution in [0.2, 0.25) is 0 Å². The lowest BCUT2D eigenvalue weighted by molar-refractivity contribution is -0.115. The maximum absolute atomic E-state index is 13.5. The van der Waals surface area contributed by atoms with Crippen LogP contribution in [0.1, 0.15) is 5.56 Å². The summed E-state index contributed by atoms with van der Waals surface area (Å²) in [5.74, 6) is 0.893. The molecule has 0 spiro atoms. The van der Waals surface area contributed by atoms with Crippen LogP contribution in [-0.2, 0) is 11.2 Å². The summed E-state index contributed by atoms with van der Waals surface area (Å²) < 4.78 is 29.3. The van der Waals surface area contributed by atoms with Crippen molar-refractivity contribution in [3.05, 3.63) is 47.8 Å². The van der Waals surface area contributed by atoms with E-state index >= 15 is 0 Å². The number of anilines is 1. The molecule has 0 aliphatic heterocycles. The second-order valence-electron chi connectivity index (χ2n) is 5.48. The maximum Gasteiger partial charge on any atom is 0.238 e. The molecule has 0 aliphatic carbocycles. The zero-order valence-corrected chi connectivity index (χ0v) is 15.1. The summed E-state index contributed by atoms with van der Waals surface area (Å²) in [7, 11) is 4.53. The number of methoxy groups -OCH3 is 3. The van der Waals surface area contributed by atoms with Gasteiger partial charge >= 0.3 is 0 Å². The fraction of sp³-hybridized carbons (Fsp3) is 0.316.